The molecule has 4 rings (SSSR count). The number of piperidine rings is 1. The van der Waals surface area contributed by atoms with E-state index in [1.54, 1.807) is 30.3 Å². The van der Waals surface area contributed by atoms with E-state index in [1.165, 1.54) is 29.6 Å². The maximum Gasteiger partial charge on any atom is 0.243 e. The molecule has 1 aliphatic heterocycles. The first-order valence-electron chi connectivity index (χ1n) is 10.8. The van der Waals surface area contributed by atoms with Crippen molar-refractivity contribution in [1.29, 1.82) is 0 Å². The minimum Gasteiger partial charge on any atom is -0.495 e. The lowest BCUT2D eigenvalue weighted by Gasteiger charge is -2.30. The summed E-state index contributed by atoms with van der Waals surface area (Å²) in [7, 11) is -5.85. The number of carbonyl (C=O) groups is 1. The Morgan fingerprint density at radius 1 is 0.939 bits per heavy atom. The third-order valence-corrected chi connectivity index (χ3v) is 9.28. The van der Waals surface area contributed by atoms with Gasteiger partial charge in [-0.15, -0.1) is 0 Å². The molecule has 1 aliphatic carbocycles. The molecule has 2 aliphatic rings. The van der Waals surface area contributed by atoms with E-state index in [-0.39, 0.29) is 40.5 Å². The Kier molecular flexibility index (Phi) is 6.76. The summed E-state index contributed by atoms with van der Waals surface area (Å²) in [6.45, 7) is 0.457. The summed E-state index contributed by atoms with van der Waals surface area (Å²) >= 11 is 0. The van der Waals surface area contributed by atoms with Crippen molar-refractivity contribution in [2.45, 2.75) is 41.5 Å². The summed E-state index contributed by atoms with van der Waals surface area (Å²) in [5.74, 6) is -0.352. The lowest BCUT2D eigenvalue weighted by Crippen LogP contribution is -2.41. The van der Waals surface area contributed by atoms with Gasteiger partial charge in [-0.25, -0.2) is 21.6 Å². The molecule has 11 heteroatoms. The molecule has 2 fully saturated rings. The Morgan fingerprint density at radius 3 is 2.21 bits per heavy atom. The van der Waals surface area contributed by atoms with E-state index < -0.39 is 26.0 Å². The molecule has 1 saturated heterocycles. The molecule has 0 unspecified atom stereocenters. The zero-order valence-electron chi connectivity index (χ0n) is 18.2. The van der Waals surface area contributed by atoms with Crippen molar-refractivity contribution in [3.05, 3.63) is 48.5 Å². The highest BCUT2D eigenvalue weighted by Crippen LogP contribution is 2.31. The number of hydrogen-bond donors (Lipinski definition) is 2. The normalized spacial score (nSPS) is 18.1. The average molecular weight is 494 g/mol. The molecule has 0 atom stereocenters. The van der Waals surface area contributed by atoms with E-state index in [2.05, 4.69) is 10.0 Å². The van der Waals surface area contributed by atoms with E-state index >= 15 is 0 Å². The van der Waals surface area contributed by atoms with Crippen LogP contribution in [-0.4, -0.2) is 53.3 Å². The monoisotopic (exact) mass is 493 g/mol. The van der Waals surface area contributed by atoms with Gasteiger partial charge in [0.25, 0.3) is 0 Å². The van der Waals surface area contributed by atoms with Crippen LogP contribution in [-0.2, 0) is 24.8 Å². The number of hydrogen-bond acceptors (Lipinski definition) is 6. The lowest BCUT2D eigenvalue weighted by atomic mass is 9.97. The molecule has 33 heavy (non-hydrogen) atoms. The van der Waals surface area contributed by atoms with E-state index in [0.29, 0.717) is 18.6 Å². The second-order valence-electron chi connectivity index (χ2n) is 8.24. The summed E-state index contributed by atoms with van der Waals surface area (Å²) in [6, 6.07) is 12.5. The molecule has 0 bridgehead atoms. The van der Waals surface area contributed by atoms with Crippen molar-refractivity contribution in [3.8, 4) is 5.75 Å². The summed E-state index contributed by atoms with van der Waals surface area (Å²) < 4.78 is 60.0. The minimum absolute atomic E-state index is 0.0347. The predicted molar refractivity (Wildman–Crippen MR) is 123 cm³/mol. The number of carbonyl (C=O) groups excluding carboxylic acids is 1. The van der Waals surface area contributed by atoms with Crippen molar-refractivity contribution in [2.24, 2.45) is 5.92 Å². The van der Waals surface area contributed by atoms with Gasteiger partial charge in [0.1, 0.15) is 5.75 Å². The van der Waals surface area contributed by atoms with Crippen LogP contribution in [0.25, 0.3) is 0 Å². The third-order valence-electron chi connectivity index (χ3n) is 5.84. The van der Waals surface area contributed by atoms with Gasteiger partial charge >= 0.3 is 0 Å². The number of methoxy groups -OCH3 is 1. The highest BCUT2D eigenvalue weighted by molar-refractivity contribution is 7.89. The van der Waals surface area contributed by atoms with Gasteiger partial charge in [0.05, 0.1) is 22.6 Å². The van der Waals surface area contributed by atoms with Crippen LogP contribution in [0, 0.1) is 5.92 Å². The number of nitrogens with one attached hydrogen (secondary N) is 2. The van der Waals surface area contributed by atoms with Crippen LogP contribution in [0.5, 0.6) is 5.75 Å². The number of ether oxygens (including phenoxy) is 1. The Hall–Kier alpha value is -2.47. The van der Waals surface area contributed by atoms with Crippen LogP contribution < -0.4 is 14.8 Å². The van der Waals surface area contributed by atoms with Gasteiger partial charge in [-0.05, 0) is 56.0 Å². The molecule has 2 aromatic rings. The molecule has 1 saturated carbocycles. The highest BCUT2D eigenvalue weighted by Gasteiger charge is 2.33. The van der Waals surface area contributed by atoms with Crippen molar-refractivity contribution in [2.75, 3.05) is 25.5 Å². The zero-order chi connectivity index (χ0) is 23.6. The molecule has 2 N–H and O–H groups in total. The second kappa shape index (κ2) is 9.41. The van der Waals surface area contributed by atoms with E-state index in [0.717, 1.165) is 12.8 Å². The fraction of sp³-hybridized carbons (Fsp3) is 0.409. The van der Waals surface area contributed by atoms with Gasteiger partial charge in [-0.3, -0.25) is 4.79 Å². The van der Waals surface area contributed by atoms with E-state index in [9.17, 15) is 21.6 Å². The fourth-order valence-electron chi connectivity index (χ4n) is 3.78. The molecule has 1 amide bonds. The second-order valence-corrected chi connectivity index (χ2v) is 11.9. The summed E-state index contributed by atoms with van der Waals surface area (Å²) in [5, 5.41) is 2.77. The number of rotatable bonds is 8. The topological polar surface area (TPSA) is 122 Å². The first-order valence-corrected chi connectivity index (χ1v) is 13.7. The maximum atomic E-state index is 12.9. The van der Waals surface area contributed by atoms with Crippen molar-refractivity contribution in [1.82, 2.24) is 9.03 Å². The Balaban J connectivity index is 1.43. The quantitative estimate of drug-likeness (QED) is 0.581. The molecular weight excluding hydrogens is 466 g/mol. The largest absolute Gasteiger partial charge is 0.495 e. The third kappa shape index (κ3) is 5.37. The molecule has 0 aromatic heterocycles. The summed E-state index contributed by atoms with van der Waals surface area (Å²) in [4.78, 5) is 13.2. The minimum atomic E-state index is -3.69. The molecule has 9 nitrogen and oxygen atoms in total. The van der Waals surface area contributed by atoms with Crippen molar-refractivity contribution < 1.29 is 26.4 Å². The SMILES string of the molecule is COc1ccc(S(=O)(=O)NC2CC2)cc1NC(=O)C1CCN(S(=O)(=O)c2ccccc2)CC1. The lowest BCUT2D eigenvalue weighted by molar-refractivity contribution is -0.120. The number of anilines is 1. The van der Waals surface area contributed by atoms with Crippen LogP contribution in [0.1, 0.15) is 25.7 Å². The van der Waals surface area contributed by atoms with Gasteiger partial charge in [-0.1, -0.05) is 18.2 Å². The molecule has 0 spiro atoms. The van der Waals surface area contributed by atoms with Gasteiger partial charge in [0.2, 0.25) is 26.0 Å². The number of sulfonamides is 2. The fourth-order valence-corrected chi connectivity index (χ4v) is 6.60. The van der Waals surface area contributed by atoms with E-state index in [1.807, 2.05) is 0 Å². The van der Waals surface area contributed by atoms with Crippen molar-refractivity contribution >= 4 is 31.6 Å². The molecular formula is C22H27N3O6S2. The number of benzene rings is 2. The Labute approximate surface area is 194 Å². The van der Waals surface area contributed by atoms with Crippen LogP contribution in [0.3, 0.4) is 0 Å². The maximum absolute atomic E-state index is 12.9. The van der Waals surface area contributed by atoms with Crippen LogP contribution in [0.2, 0.25) is 0 Å². The van der Waals surface area contributed by atoms with Gasteiger partial charge in [0, 0.05) is 25.0 Å². The molecule has 0 radical (unpaired) electrons. The van der Waals surface area contributed by atoms with Gasteiger partial charge < -0.3 is 10.1 Å². The van der Waals surface area contributed by atoms with Crippen LogP contribution in [0.4, 0.5) is 5.69 Å². The van der Waals surface area contributed by atoms with Crippen LogP contribution in [0.15, 0.2) is 58.3 Å². The van der Waals surface area contributed by atoms with Gasteiger partial charge in [0.15, 0.2) is 0 Å². The smallest absolute Gasteiger partial charge is 0.243 e. The Morgan fingerprint density at radius 2 is 1.61 bits per heavy atom. The average Bonchev–Trinajstić information content (AvgIpc) is 3.63. The standard InChI is InChI=1S/C22H27N3O6S2/c1-31-21-10-9-19(32(27,28)24-17-7-8-17)15-20(21)23-22(26)16-11-13-25(14-12-16)33(29,30)18-5-3-2-4-6-18/h2-6,9-10,15-17,24H,7-8,11-14H2,1H3,(H,23,26). The number of amides is 1. The molecule has 1 heterocycles. The summed E-state index contributed by atoms with van der Waals surface area (Å²) in [6.07, 6.45) is 2.36. The Bertz CT molecular complexity index is 1220. The zero-order valence-corrected chi connectivity index (χ0v) is 19.9. The first-order chi connectivity index (χ1) is 15.7. The molecule has 178 valence electrons. The summed E-state index contributed by atoms with van der Waals surface area (Å²) in [5.41, 5.74) is 0.264. The van der Waals surface area contributed by atoms with E-state index in [4.69, 9.17) is 4.74 Å². The molecule has 2 aromatic carbocycles. The first kappa shape index (κ1) is 23.7. The number of nitrogens with zero attached hydrogens (tertiary/aromatic N) is 1. The van der Waals surface area contributed by atoms with Crippen molar-refractivity contribution in [3.63, 3.8) is 0 Å². The van der Waals surface area contributed by atoms with Crippen LogP contribution >= 0.6 is 0 Å². The highest BCUT2D eigenvalue weighted by atomic mass is 32.2. The predicted octanol–water partition coefficient (Wildman–Crippen LogP) is 2.18. The van der Waals surface area contributed by atoms with Gasteiger partial charge in [-0.2, -0.15) is 4.31 Å².